The quantitative estimate of drug-likeness (QED) is 0.856. The molecule has 1 aliphatic carbocycles. The van der Waals surface area contributed by atoms with E-state index in [9.17, 15) is 4.79 Å². The van der Waals surface area contributed by atoms with Crippen LogP contribution in [0.5, 0.6) is 0 Å². The molecule has 25 heavy (non-hydrogen) atoms. The highest BCUT2D eigenvalue weighted by molar-refractivity contribution is 6.32. The van der Waals surface area contributed by atoms with Crippen LogP contribution in [0.15, 0.2) is 18.2 Å². The molecule has 0 radical (unpaired) electrons. The molecule has 1 amide bonds. The standard InChI is InChI=1S/C16H19ClN6O2/c17-12-4-3-11(19-15(24)16(18)5-7-25-8-6-16)9-13(12)23-14(10-1-2-10)20-21-22-23/h3-4,9-10H,1-2,5-8,18H2,(H,19,24). The highest BCUT2D eigenvalue weighted by Gasteiger charge is 2.36. The summed E-state index contributed by atoms with van der Waals surface area (Å²) in [5.41, 5.74) is 6.57. The zero-order chi connectivity index (χ0) is 17.4. The first-order valence-electron chi connectivity index (χ1n) is 8.33. The molecule has 2 fully saturated rings. The van der Waals surface area contributed by atoms with Gasteiger partial charge in [0.25, 0.3) is 0 Å². The van der Waals surface area contributed by atoms with Crippen LogP contribution < -0.4 is 11.1 Å². The molecule has 1 aromatic carbocycles. The van der Waals surface area contributed by atoms with Gasteiger partial charge in [0, 0.05) is 24.8 Å². The van der Waals surface area contributed by atoms with Gasteiger partial charge >= 0.3 is 0 Å². The highest BCUT2D eigenvalue weighted by atomic mass is 35.5. The number of ether oxygens (including phenoxy) is 1. The number of hydrogen-bond acceptors (Lipinski definition) is 6. The van der Waals surface area contributed by atoms with E-state index in [4.69, 9.17) is 22.1 Å². The van der Waals surface area contributed by atoms with Crippen molar-refractivity contribution in [3.05, 3.63) is 29.0 Å². The fourth-order valence-corrected chi connectivity index (χ4v) is 3.13. The fraction of sp³-hybridized carbons (Fsp3) is 0.500. The van der Waals surface area contributed by atoms with Gasteiger partial charge in [-0.3, -0.25) is 4.79 Å². The number of halogens is 1. The Morgan fingerprint density at radius 1 is 1.36 bits per heavy atom. The van der Waals surface area contributed by atoms with Crippen LogP contribution in [0, 0.1) is 0 Å². The Kier molecular flexibility index (Phi) is 4.18. The Balaban J connectivity index is 1.59. The van der Waals surface area contributed by atoms with Gasteiger partial charge in [0.05, 0.1) is 10.7 Å². The van der Waals surface area contributed by atoms with Crippen molar-refractivity contribution in [2.45, 2.75) is 37.1 Å². The van der Waals surface area contributed by atoms with Crippen LogP contribution in [-0.2, 0) is 9.53 Å². The first-order valence-corrected chi connectivity index (χ1v) is 8.71. The number of nitrogens with one attached hydrogen (secondary N) is 1. The smallest absolute Gasteiger partial charge is 0.244 e. The fourth-order valence-electron chi connectivity index (χ4n) is 2.93. The van der Waals surface area contributed by atoms with E-state index in [0.29, 0.717) is 48.4 Å². The van der Waals surface area contributed by atoms with Crippen molar-refractivity contribution in [2.24, 2.45) is 5.73 Å². The summed E-state index contributed by atoms with van der Waals surface area (Å²) in [4.78, 5) is 12.6. The van der Waals surface area contributed by atoms with Crippen LogP contribution in [0.3, 0.4) is 0 Å². The molecule has 2 aromatic rings. The number of anilines is 1. The number of amides is 1. The van der Waals surface area contributed by atoms with Gasteiger partial charge in [-0.25, -0.2) is 0 Å². The minimum absolute atomic E-state index is 0.219. The monoisotopic (exact) mass is 362 g/mol. The van der Waals surface area contributed by atoms with Gasteiger partial charge in [-0.1, -0.05) is 11.6 Å². The Labute approximate surface area is 149 Å². The van der Waals surface area contributed by atoms with Crippen LogP contribution in [0.2, 0.25) is 5.02 Å². The first-order chi connectivity index (χ1) is 12.1. The van der Waals surface area contributed by atoms with E-state index in [2.05, 4.69) is 20.8 Å². The van der Waals surface area contributed by atoms with Crippen molar-refractivity contribution < 1.29 is 9.53 Å². The second-order valence-corrected chi connectivity index (χ2v) is 7.02. The number of aromatic nitrogens is 4. The third-order valence-corrected chi connectivity index (χ3v) is 5.03. The number of hydrogen-bond donors (Lipinski definition) is 2. The maximum absolute atomic E-state index is 12.6. The number of carbonyl (C=O) groups excluding carboxylic acids is 1. The SMILES string of the molecule is NC1(C(=O)Nc2ccc(Cl)c(-n3nnnc3C3CC3)c2)CCOCC1. The molecule has 0 spiro atoms. The maximum Gasteiger partial charge on any atom is 0.244 e. The lowest BCUT2D eigenvalue weighted by atomic mass is 9.90. The largest absolute Gasteiger partial charge is 0.381 e. The zero-order valence-electron chi connectivity index (χ0n) is 13.6. The molecule has 1 saturated heterocycles. The van der Waals surface area contributed by atoms with Gasteiger partial charge < -0.3 is 15.8 Å². The van der Waals surface area contributed by atoms with E-state index in [1.165, 1.54) is 0 Å². The molecule has 2 aliphatic rings. The molecule has 1 aromatic heterocycles. The zero-order valence-corrected chi connectivity index (χ0v) is 14.4. The van der Waals surface area contributed by atoms with E-state index in [1.807, 2.05) is 0 Å². The Morgan fingerprint density at radius 2 is 2.12 bits per heavy atom. The average molecular weight is 363 g/mol. The molecule has 132 valence electrons. The molecule has 1 aliphatic heterocycles. The second-order valence-electron chi connectivity index (χ2n) is 6.61. The first kappa shape index (κ1) is 16.4. The highest BCUT2D eigenvalue weighted by Crippen LogP contribution is 2.40. The molecule has 9 heteroatoms. The van der Waals surface area contributed by atoms with Crippen molar-refractivity contribution in [1.82, 2.24) is 20.2 Å². The van der Waals surface area contributed by atoms with Crippen molar-refractivity contribution in [3.63, 3.8) is 0 Å². The number of nitrogens with zero attached hydrogens (tertiary/aromatic N) is 4. The van der Waals surface area contributed by atoms with Gasteiger partial charge in [-0.15, -0.1) is 5.10 Å². The van der Waals surface area contributed by atoms with E-state index in [-0.39, 0.29) is 5.91 Å². The summed E-state index contributed by atoms with van der Waals surface area (Å²) < 4.78 is 6.93. The van der Waals surface area contributed by atoms with Crippen molar-refractivity contribution in [3.8, 4) is 5.69 Å². The molecule has 0 atom stereocenters. The van der Waals surface area contributed by atoms with Gasteiger partial charge in [0.1, 0.15) is 5.54 Å². The van der Waals surface area contributed by atoms with Gasteiger partial charge in [-0.05, 0) is 54.3 Å². The number of tetrazole rings is 1. The Hall–Kier alpha value is -2.03. The summed E-state index contributed by atoms with van der Waals surface area (Å²) in [5.74, 6) is 0.951. The molecule has 4 rings (SSSR count). The lowest BCUT2D eigenvalue weighted by Crippen LogP contribution is -2.54. The van der Waals surface area contributed by atoms with Crippen molar-refractivity contribution in [2.75, 3.05) is 18.5 Å². The van der Waals surface area contributed by atoms with Gasteiger partial charge in [-0.2, -0.15) is 4.68 Å². The summed E-state index contributed by atoms with van der Waals surface area (Å²) in [6.45, 7) is 0.982. The summed E-state index contributed by atoms with van der Waals surface area (Å²) in [6.07, 6.45) is 3.15. The molecule has 2 heterocycles. The minimum Gasteiger partial charge on any atom is -0.381 e. The lowest BCUT2D eigenvalue weighted by Gasteiger charge is -2.31. The minimum atomic E-state index is -0.911. The topological polar surface area (TPSA) is 108 Å². The molecule has 0 bridgehead atoms. The van der Waals surface area contributed by atoms with E-state index in [0.717, 1.165) is 18.7 Å². The summed E-state index contributed by atoms with van der Waals surface area (Å²) in [5, 5.41) is 15.3. The van der Waals surface area contributed by atoms with Crippen LogP contribution in [0.1, 0.15) is 37.4 Å². The Bertz CT molecular complexity index is 798. The van der Waals surface area contributed by atoms with Crippen molar-refractivity contribution >= 4 is 23.2 Å². The molecule has 3 N–H and O–H groups in total. The molecule has 8 nitrogen and oxygen atoms in total. The number of rotatable bonds is 4. The van der Waals surface area contributed by atoms with Crippen LogP contribution in [-0.4, -0.2) is 44.9 Å². The number of benzene rings is 1. The maximum atomic E-state index is 12.6. The summed E-state index contributed by atoms with van der Waals surface area (Å²) in [6, 6.07) is 5.23. The third-order valence-electron chi connectivity index (χ3n) is 4.71. The van der Waals surface area contributed by atoms with Crippen molar-refractivity contribution in [1.29, 1.82) is 0 Å². The summed E-state index contributed by atoms with van der Waals surface area (Å²) >= 11 is 6.33. The van der Waals surface area contributed by atoms with Crippen LogP contribution in [0.25, 0.3) is 5.69 Å². The normalized spacial score (nSPS) is 19.6. The van der Waals surface area contributed by atoms with Crippen LogP contribution in [0.4, 0.5) is 5.69 Å². The predicted molar refractivity (Wildman–Crippen MR) is 91.7 cm³/mol. The summed E-state index contributed by atoms with van der Waals surface area (Å²) in [7, 11) is 0. The predicted octanol–water partition coefficient (Wildman–Crippen LogP) is 1.64. The lowest BCUT2D eigenvalue weighted by molar-refractivity contribution is -0.124. The molecular weight excluding hydrogens is 344 g/mol. The van der Waals surface area contributed by atoms with E-state index >= 15 is 0 Å². The number of carbonyl (C=O) groups is 1. The van der Waals surface area contributed by atoms with E-state index < -0.39 is 5.54 Å². The molecule has 0 unspecified atom stereocenters. The van der Waals surface area contributed by atoms with Gasteiger partial charge in [0.15, 0.2) is 5.82 Å². The molecular formula is C16H19ClN6O2. The average Bonchev–Trinajstić information content (AvgIpc) is 3.34. The van der Waals surface area contributed by atoms with E-state index in [1.54, 1.807) is 22.9 Å². The van der Waals surface area contributed by atoms with Gasteiger partial charge in [0.2, 0.25) is 5.91 Å². The molecule has 1 saturated carbocycles. The number of nitrogens with two attached hydrogens (primary N) is 1. The second kappa shape index (κ2) is 6.36. The Morgan fingerprint density at radius 3 is 2.84 bits per heavy atom. The van der Waals surface area contributed by atoms with Crippen LogP contribution >= 0.6 is 11.6 Å². The third kappa shape index (κ3) is 3.24.